The van der Waals surface area contributed by atoms with Crippen LogP contribution in [-0.4, -0.2) is 35.1 Å². The minimum absolute atomic E-state index is 0.0493. The summed E-state index contributed by atoms with van der Waals surface area (Å²) in [5.41, 5.74) is 0.601. The van der Waals surface area contributed by atoms with Crippen LogP contribution in [0.1, 0.15) is 78.2 Å². The SMILES string of the molecule is C=CCC(O)CCC[C@@H](C[C@@H](CCC)OCc1ccccc1)NC(=O)OC(C)(C)C. The summed E-state index contributed by atoms with van der Waals surface area (Å²) in [4.78, 5) is 12.4. The van der Waals surface area contributed by atoms with Gasteiger partial charge in [0.2, 0.25) is 0 Å². The van der Waals surface area contributed by atoms with Gasteiger partial charge < -0.3 is 19.9 Å². The van der Waals surface area contributed by atoms with Gasteiger partial charge in [0.1, 0.15) is 5.60 Å². The highest BCUT2D eigenvalue weighted by atomic mass is 16.6. The molecule has 1 aromatic carbocycles. The number of rotatable bonds is 14. The highest BCUT2D eigenvalue weighted by molar-refractivity contribution is 5.68. The summed E-state index contributed by atoms with van der Waals surface area (Å²) in [7, 11) is 0. The van der Waals surface area contributed by atoms with Crippen molar-refractivity contribution < 1.29 is 19.4 Å². The van der Waals surface area contributed by atoms with E-state index < -0.39 is 11.7 Å². The zero-order valence-corrected chi connectivity index (χ0v) is 19.2. The van der Waals surface area contributed by atoms with Crippen LogP contribution in [0.5, 0.6) is 0 Å². The number of hydrogen-bond acceptors (Lipinski definition) is 4. The van der Waals surface area contributed by atoms with E-state index in [0.29, 0.717) is 19.4 Å². The number of aliphatic hydroxyl groups excluding tert-OH is 1. The molecule has 0 spiro atoms. The molecule has 1 aromatic rings. The maximum atomic E-state index is 12.4. The molecule has 0 saturated carbocycles. The van der Waals surface area contributed by atoms with Crippen molar-refractivity contribution in [3.8, 4) is 0 Å². The highest BCUT2D eigenvalue weighted by Gasteiger charge is 2.22. The lowest BCUT2D eigenvalue weighted by Crippen LogP contribution is -2.41. The first kappa shape index (κ1) is 26.2. The molecule has 170 valence electrons. The zero-order valence-electron chi connectivity index (χ0n) is 19.2. The summed E-state index contributed by atoms with van der Waals surface area (Å²) < 4.78 is 11.6. The number of carbonyl (C=O) groups excluding carboxylic acids is 1. The van der Waals surface area contributed by atoms with Crippen LogP contribution < -0.4 is 5.32 Å². The van der Waals surface area contributed by atoms with Gasteiger partial charge in [-0.3, -0.25) is 0 Å². The number of benzene rings is 1. The van der Waals surface area contributed by atoms with Crippen LogP contribution in [0.4, 0.5) is 4.79 Å². The van der Waals surface area contributed by atoms with E-state index in [0.717, 1.165) is 37.7 Å². The topological polar surface area (TPSA) is 67.8 Å². The second-order valence-electron chi connectivity index (χ2n) is 8.90. The van der Waals surface area contributed by atoms with Gasteiger partial charge in [-0.1, -0.05) is 49.8 Å². The Morgan fingerprint density at radius 2 is 1.90 bits per heavy atom. The molecule has 0 aliphatic rings. The third-order valence-corrected chi connectivity index (χ3v) is 4.74. The quantitative estimate of drug-likeness (QED) is 0.376. The van der Waals surface area contributed by atoms with E-state index in [-0.39, 0.29) is 18.2 Å². The third kappa shape index (κ3) is 12.7. The van der Waals surface area contributed by atoms with Crippen molar-refractivity contribution in [3.63, 3.8) is 0 Å². The Balaban J connectivity index is 2.69. The zero-order chi connectivity index (χ0) is 22.4. The van der Waals surface area contributed by atoms with Gasteiger partial charge in [-0.15, -0.1) is 6.58 Å². The lowest BCUT2D eigenvalue weighted by Gasteiger charge is -2.27. The van der Waals surface area contributed by atoms with E-state index in [1.54, 1.807) is 6.08 Å². The van der Waals surface area contributed by atoms with Crippen molar-refractivity contribution in [2.75, 3.05) is 0 Å². The molecule has 0 aliphatic carbocycles. The molecule has 0 heterocycles. The molecule has 0 bridgehead atoms. The first-order valence-electron chi connectivity index (χ1n) is 11.2. The largest absolute Gasteiger partial charge is 0.444 e. The van der Waals surface area contributed by atoms with E-state index in [2.05, 4.69) is 31.0 Å². The third-order valence-electron chi connectivity index (χ3n) is 4.74. The second-order valence-corrected chi connectivity index (χ2v) is 8.90. The van der Waals surface area contributed by atoms with E-state index in [1.165, 1.54) is 0 Å². The van der Waals surface area contributed by atoms with Crippen molar-refractivity contribution in [2.45, 2.75) is 103 Å². The van der Waals surface area contributed by atoms with Gasteiger partial charge in [0.15, 0.2) is 0 Å². The molecule has 5 nitrogen and oxygen atoms in total. The predicted octanol–water partition coefficient (Wildman–Crippen LogP) is 5.76. The lowest BCUT2D eigenvalue weighted by molar-refractivity contribution is 0.0174. The van der Waals surface area contributed by atoms with Gasteiger partial charge >= 0.3 is 6.09 Å². The number of nitrogens with one attached hydrogen (secondary N) is 1. The summed E-state index contributed by atoms with van der Waals surface area (Å²) in [5, 5.41) is 13.0. The molecule has 1 amide bonds. The number of carbonyl (C=O) groups is 1. The van der Waals surface area contributed by atoms with Crippen LogP contribution in [0.2, 0.25) is 0 Å². The first-order valence-corrected chi connectivity index (χ1v) is 11.2. The van der Waals surface area contributed by atoms with Crippen molar-refractivity contribution in [3.05, 3.63) is 48.6 Å². The summed E-state index contributed by atoms with van der Waals surface area (Å²) in [6.45, 7) is 11.9. The average molecular weight is 420 g/mol. The molecule has 0 radical (unpaired) electrons. The molecule has 0 aliphatic heterocycles. The first-order chi connectivity index (χ1) is 14.2. The summed E-state index contributed by atoms with van der Waals surface area (Å²) in [6, 6.07) is 10.1. The van der Waals surface area contributed by atoms with Gasteiger partial charge in [0, 0.05) is 6.04 Å². The Kier molecular flexibility index (Phi) is 12.4. The van der Waals surface area contributed by atoms with Crippen molar-refractivity contribution in [2.24, 2.45) is 0 Å². The van der Waals surface area contributed by atoms with Crippen molar-refractivity contribution in [1.29, 1.82) is 0 Å². The van der Waals surface area contributed by atoms with Crippen LogP contribution in [-0.2, 0) is 16.1 Å². The lowest BCUT2D eigenvalue weighted by atomic mass is 9.98. The minimum atomic E-state index is -0.540. The molecule has 1 rings (SSSR count). The molecule has 30 heavy (non-hydrogen) atoms. The number of alkyl carbamates (subject to hydrolysis) is 1. The number of amides is 1. The molecule has 3 atom stereocenters. The Morgan fingerprint density at radius 1 is 1.20 bits per heavy atom. The molecule has 0 fully saturated rings. The highest BCUT2D eigenvalue weighted by Crippen LogP contribution is 2.18. The molecular weight excluding hydrogens is 378 g/mol. The van der Waals surface area contributed by atoms with E-state index in [1.807, 2.05) is 39.0 Å². The maximum Gasteiger partial charge on any atom is 0.407 e. The Hall–Kier alpha value is -1.85. The van der Waals surface area contributed by atoms with Crippen LogP contribution in [0, 0.1) is 0 Å². The van der Waals surface area contributed by atoms with Gasteiger partial charge in [-0.25, -0.2) is 4.79 Å². The summed E-state index contributed by atoms with van der Waals surface area (Å²) in [6.07, 6.45) is 6.50. The Labute approximate surface area is 182 Å². The summed E-state index contributed by atoms with van der Waals surface area (Å²) in [5.74, 6) is 0. The van der Waals surface area contributed by atoms with Gasteiger partial charge in [0.05, 0.1) is 18.8 Å². The van der Waals surface area contributed by atoms with Gasteiger partial charge in [0.25, 0.3) is 0 Å². The minimum Gasteiger partial charge on any atom is -0.444 e. The fraction of sp³-hybridized carbons (Fsp3) is 0.640. The predicted molar refractivity (Wildman–Crippen MR) is 122 cm³/mol. The van der Waals surface area contributed by atoms with Crippen LogP contribution in [0.25, 0.3) is 0 Å². The Bertz CT molecular complexity index is 597. The normalized spacial score (nSPS) is 14.6. The summed E-state index contributed by atoms with van der Waals surface area (Å²) >= 11 is 0. The maximum absolute atomic E-state index is 12.4. The average Bonchev–Trinajstić information content (AvgIpc) is 2.65. The number of ether oxygens (including phenoxy) is 2. The van der Waals surface area contributed by atoms with E-state index >= 15 is 0 Å². The number of aliphatic hydroxyl groups is 1. The molecular formula is C25H41NO4. The van der Waals surface area contributed by atoms with Crippen molar-refractivity contribution in [1.82, 2.24) is 5.32 Å². The van der Waals surface area contributed by atoms with Crippen LogP contribution >= 0.6 is 0 Å². The second kappa shape index (κ2) is 14.2. The smallest absolute Gasteiger partial charge is 0.407 e. The standard InChI is InChI=1S/C25H41NO4/c1-6-12-22(27)17-11-16-21(26-24(28)30-25(3,4)5)18-23(13-7-2)29-19-20-14-9-8-10-15-20/h6,8-10,14-15,21-23,27H,1,7,11-13,16-19H2,2-5H3,(H,26,28)/t21-,22?,23+/m0/s1. The molecule has 5 heteroatoms. The number of hydrogen-bond donors (Lipinski definition) is 2. The fourth-order valence-corrected chi connectivity index (χ4v) is 3.33. The van der Waals surface area contributed by atoms with Gasteiger partial charge in [-0.05, 0) is 64.9 Å². The van der Waals surface area contributed by atoms with Crippen molar-refractivity contribution >= 4 is 6.09 Å². The fourth-order valence-electron chi connectivity index (χ4n) is 3.33. The molecule has 2 N–H and O–H groups in total. The molecule has 0 saturated heterocycles. The Morgan fingerprint density at radius 3 is 2.50 bits per heavy atom. The van der Waals surface area contributed by atoms with E-state index in [4.69, 9.17) is 9.47 Å². The monoisotopic (exact) mass is 419 g/mol. The molecule has 0 aromatic heterocycles. The molecule has 1 unspecified atom stereocenters. The van der Waals surface area contributed by atoms with Crippen LogP contribution in [0.3, 0.4) is 0 Å². The van der Waals surface area contributed by atoms with E-state index in [9.17, 15) is 9.90 Å². The van der Waals surface area contributed by atoms with Gasteiger partial charge in [-0.2, -0.15) is 0 Å². The van der Waals surface area contributed by atoms with Crippen LogP contribution in [0.15, 0.2) is 43.0 Å².